The molecule has 4 aromatic rings. The summed E-state index contributed by atoms with van der Waals surface area (Å²) < 4.78 is 56.4. The average Bonchev–Trinajstić information content (AvgIpc) is 3.75. The standard InChI is InChI=1S/C22H28N10O12P2/c23-16-9-18(27-3-25-16)31(5-29-9)20-11(34)13(8(1-33)41-20)40-7-46(38,39)44-22(2-45(36)37)15-14(43-22)12(35)21(42-15)32-6-30-10-17(24)26-4-28-19(10)32/h3-6,8,11-15,20-21,33-35,45H,1-2,7H2,(H,36,37)(H,38,39)(H2,23,25,27)(H2,24,26,28)/t8-,11+,12?,13?,14?,15+,20-,21-,22?/m1/s1. The number of nitrogens with zero attached hydrogens (tertiary/aromatic N) is 8. The number of hydrogen-bond acceptors (Lipinski definition) is 18. The molecule has 0 aliphatic carbocycles. The minimum atomic E-state index is -4.87. The van der Waals surface area contributed by atoms with Crippen LogP contribution in [-0.4, -0.2) is 126 Å². The van der Waals surface area contributed by atoms with Gasteiger partial charge in [0, 0.05) is 0 Å². The highest BCUT2D eigenvalue weighted by molar-refractivity contribution is 7.52. The third kappa shape index (κ3) is 5.07. The normalized spacial score (nSPS) is 34.5. The first-order valence-corrected chi connectivity index (χ1v) is 16.9. The van der Waals surface area contributed by atoms with E-state index in [4.69, 9.17) is 34.9 Å². The highest BCUT2D eigenvalue weighted by Gasteiger charge is 2.69. The van der Waals surface area contributed by atoms with E-state index >= 15 is 0 Å². The number of rotatable bonds is 10. The molecule has 0 amide bonds. The van der Waals surface area contributed by atoms with Gasteiger partial charge in [0.15, 0.2) is 43.4 Å². The van der Waals surface area contributed by atoms with Crippen LogP contribution in [0.5, 0.6) is 0 Å². The number of fused-ring (bicyclic) bond motifs is 3. The lowest BCUT2D eigenvalue weighted by atomic mass is 9.96. The topological polar surface area (TPSA) is 321 Å². The summed E-state index contributed by atoms with van der Waals surface area (Å²) in [6.45, 7) is -0.644. The summed E-state index contributed by atoms with van der Waals surface area (Å²) >= 11 is 0. The summed E-state index contributed by atoms with van der Waals surface area (Å²) in [4.78, 5) is 44.8. The molecule has 4 aromatic heterocycles. The van der Waals surface area contributed by atoms with Crippen LogP contribution in [0.2, 0.25) is 0 Å². The van der Waals surface area contributed by atoms with E-state index in [2.05, 4.69) is 29.9 Å². The van der Waals surface area contributed by atoms with Gasteiger partial charge in [0.2, 0.25) is 5.79 Å². The second-order valence-electron chi connectivity index (χ2n) is 10.8. The van der Waals surface area contributed by atoms with Gasteiger partial charge in [-0.25, -0.2) is 29.9 Å². The van der Waals surface area contributed by atoms with Gasteiger partial charge in [0.25, 0.3) is 0 Å². The molecular weight excluding hydrogens is 658 g/mol. The molecule has 46 heavy (non-hydrogen) atoms. The first-order chi connectivity index (χ1) is 21.9. The second kappa shape index (κ2) is 11.5. The number of aromatic nitrogens is 8. The number of nitrogen functional groups attached to an aromatic ring is 2. The van der Waals surface area contributed by atoms with Crippen LogP contribution in [0.3, 0.4) is 0 Å². The molecule has 0 aromatic carbocycles. The third-order valence-corrected chi connectivity index (χ3v) is 9.78. The highest BCUT2D eigenvalue weighted by atomic mass is 31.2. The minimum Gasteiger partial charge on any atom is -0.394 e. The van der Waals surface area contributed by atoms with Crippen LogP contribution in [0, 0.1) is 0 Å². The van der Waals surface area contributed by atoms with Crippen LogP contribution in [-0.2, 0) is 32.6 Å². The summed E-state index contributed by atoms with van der Waals surface area (Å²) in [6.07, 6.45) is -7.05. The Balaban J connectivity index is 1.07. The van der Waals surface area contributed by atoms with Gasteiger partial charge in [-0.15, -0.1) is 0 Å². The molecule has 3 aliphatic rings. The van der Waals surface area contributed by atoms with E-state index in [1.807, 2.05) is 0 Å². The zero-order valence-electron chi connectivity index (χ0n) is 23.3. The van der Waals surface area contributed by atoms with Gasteiger partial charge in [-0.2, -0.15) is 0 Å². The molecule has 3 aliphatic heterocycles. The maximum absolute atomic E-state index is 13.3. The average molecular weight is 686 g/mol. The monoisotopic (exact) mass is 686 g/mol. The van der Waals surface area contributed by atoms with Crippen LogP contribution in [0.1, 0.15) is 12.5 Å². The molecule has 0 spiro atoms. The summed E-state index contributed by atoms with van der Waals surface area (Å²) in [5, 5.41) is 31.9. The Kier molecular flexibility index (Phi) is 7.82. The summed E-state index contributed by atoms with van der Waals surface area (Å²) in [5.41, 5.74) is 12.6. The lowest BCUT2D eigenvalue weighted by Gasteiger charge is -2.49. The molecule has 11 atom stereocenters. The van der Waals surface area contributed by atoms with Crippen LogP contribution in [0.15, 0.2) is 25.3 Å². The van der Waals surface area contributed by atoms with Crippen LogP contribution < -0.4 is 11.5 Å². The van der Waals surface area contributed by atoms with Crippen molar-refractivity contribution in [1.82, 2.24) is 39.0 Å². The Morgan fingerprint density at radius 3 is 2.11 bits per heavy atom. The maximum Gasteiger partial charge on any atom is 0.356 e. The van der Waals surface area contributed by atoms with Gasteiger partial charge in [0.05, 0.1) is 25.4 Å². The van der Waals surface area contributed by atoms with E-state index < -0.39 is 89.6 Å². The van der Waals surface area contributed by atoms with Gasteiger partial charge in [0.1, 0.15) is 66.7 Å². The molecule has 9 N–H and O–H groups in total. The summed E-state index contributed by atoms with van der Waals surface area (Å²) in [7, 11) is -8.28. The summed E-state index contributed by atoms with van der Waals surface area (Å²) in [5.74, 6) is -2.07. The van der Waals surface area contributed by atoms with Gasteiger partial charge in [-0.1, -0.05) is 0 Å². The van der Waals surface area contributed by atoms with E-state index in [0.717, 1.165) is 0 Å². The van der Waals surface area contributed by atoms with Crippen molar-refractivity contribution in [3.63, 3.8) is 0 Å². The van der Waals surface area contributed by atoms with E-state index in [9.17, 15) is 34.2 Å². The molecule has 0 saturated carbocycles. The lowest BCUT2D eigenvalue weighted by molar-refractivity contribution is -0.354. The fraction of sp³-hybridized carbons (Fsp3) is 0.545. The molecule has 24 heteroatoms. The van der Waals surface area contributed by atoms with Crippen molar-refractivity contribution in [1.29, 1.82) is 0 Å². The quantitative estimate of drug-likeness (QED) is 0.0844. The molecule has 3 fully saturated rings. The van der Waals surface area contributed by atoms with E-state index in [1.54, 1.807) is 0 Å². The van der Waals surface area contributed by atoms with Gasteiger partial charge < -0.3 is 55.5 Å². The number of imidazole rings is 2. The van der Waals surface area contributed by atoms with Crippen molar-refractivity contribution in [3.05, 3.63) is 25.3 Å². The lowest BCUT2D eigenvalue weighted by Crippen LogP contribution is -2.67. The van der Waals surface area contributed by atoms with Gasteiger partial charge in [-0.3, -0.25) is 22.8 Å². The Morgan fingerprint density at radius 1 is 0.957 bits per heavy atom. The molecule has 3 saturated heterocycles. The smallest absolute Gasteiger partial charge is 0.356 e. The van der Waals surface area contributed by atoms with Crippen molar-refractivity contribution in [2.45, 2.75) is 54.9 Å². The van der Waals surface area contributed by atoms with Crippen LogP contribution in [0.4, 0.5) is 11.6 Å². The molecule has 6 unspecified atom stereocenters. The SMILES string of the molecule is Nc1ncnc2c1ncn2[C@@H]1O[C@H]2C(OC2(C[PH](=O)O)OP(=O)(O)COC2[C@@H](CO)O[C@@H](n3cnc4c(N)ncnc43)[C@H]2O)C1O. The molecule has 248 valence electrons. The number of aliphatic hydroxyl groups excluding tert-OH is 3. The van der Waals surface area contributed by atoms with Crippen LogP contribution in [0.25, 0.3) is 22.3 Å². The minimum absolute atomic E-state index is 0.0813. The Hall–Kier alpha value is -3.24. The second-order valence-corrected chi connectivity index (χ2v) is 13.7. The molecule has 0 bridgehead atoms. The number of anilines is 2. The number of nitrogens with two attached hydrogens (primary N) is 2. The Labute approximate surface area is 257 Å². The Morgan fingerprint density at radius 2 is 1.54 bits per heavy atom. The molecule has 7 rings (SSSR count). The number of ether oxygens (including phenoxy) is 4. The van der Waals surface area contributed by atoms with E-state index in [0.29, 0.717) is 0 Å². The van der Waals surface area contributed by atoms with Crippen molar-refractivity contribution in [2.75, 3.05) is 30.6 Å². The largest absolute Gasteiger partial charge is 0.394 e. The maximum atomic E-state index is 13.3. The van der Waals surface area contributed by atoms with E-state index in [1.165, 1.54) is 34.4 Å². The van der Waals surface area contributed by atoms with Gasteiger partial charge >= 0.3 is 7.60 Å². The zero-order chi connectivity index (χ0) is 32.5. The molecule has 0 radical (unpaired) electrons. The third-order valence-electron chi connectivity index (χ3n) is 7.92. The number of aliphatic hydroxyl groups is 3. The van der Waals surface area contributed by atoms with Crippen molar-refractivity contribution in [2.24, 2.45) is 0 Å². The molecule has 22 nitrogen and oxygen atoms in total. The molecular formula is C22H28N10O12P2. The predicted molar refractivity (Wildman–Crippen MR) is 151 cm³/mol. The summed E-state index contributed by atoms with van der Waals surface area (Å²) in [6, 6.07) is 0. The fourth-order valence-corrected chi connectivity index (χ4v) is 7.92. The highest BCUT2D eigenvalue weighted by Crippen LogP contribution is 2.58. The predicted octanol–water partition coefficient (Wildman–Crippen LogP) is -2.55. The van der Waals surface area contributed by atoms with E-state index in [-0.39, 0.29) is 34.0 Å². The fourth-order valence-electron chi connectivity index (χ4n) is 5.91. The van der Waals surface area contributed by atoms with Gasteiger partial charge in [-0.05, 0) is 0 Å². The van der Waals surface area contributed by atoms with Crippen molar-refractivity contribution >= 4 is 49.6 Å². The first kappa shape index (κ1) is 31.4. The first-order valence-electron chi connectivity index (χ1n) is 13.6. The van der Waals surface area contributed by atoms with Crippen molar-refractivity contribution < 1.29 is 57.7 Å². The van der Waals surface area contributed by atoms with Crippen LogP contribution >= 0.6 is 15.6 Å². The van der Waals surface area contributed by atoms with Crippen molar-refractivity contribution in [3.8, 4) is 0 Å². The Bertz CT molecular complexity index is 1860. The zero-order valence-corrected chi connectivity index (χ0v) is 25.2. The molecule has 7 heterocycles. The number of hydrogen-bond donors (Lipinski definition) is 7.